The molecule has 0 fully saturated rings. The van der Waals surface area contributed by atoms with Crippen LogP contribution < -0.4 is 18.9 Å². The van der Waals surface area contributed by atoms with E-state index in [1.165, 1.54) is 0 Å². The molecule has 0 aliphatic heterocycles. The molecule has 0 aromatic carbocycles. The van der Waals surface area contributed by atoms with E-state index in [-0.39, 0.29) is 20.3 Å². The molecule has 0 spiro atoms. The first kappa shape index (κ1) is 30.3. The summed E-state index contributed by atoms with van der Waals surface area (Å²) in [5.41, 5.74) is -5.53. The first-order chi connectivity index (χ1) is 10.2. The molecule has 0 radical (unpaired) electrons. The summed E-state index contributed by atoms with van der Waals surface area (Å²) in [5.74, 6) is -14.7. The van der Waals surface area contributed by atoms with Crippen LogP contribution in [0.4, 0.5) is 52.7 Å². The Morgan fingerprint density at radius 1 is 0.577 bits per heavy atom. The number of hydrogen-bond donors (Lipinski definition) is 2. The van der Waals surface area contributed by atoms with Gasteiger partial charge in [0.2, 0.25) is 0 Å². The van der Waals surface area contributed by atoms with Gasteiger partial charge >= 0.3 is 67.9 Å². The Balaban J connectivity index is -0.000000226. The van der Waals surface area contributed by atoms with Gasteiger partial charge in [-0.05, 0) is 0 Å². The first-order valence-corrected chi connectivity index (χ1v) is 7.34. The van der Waals surface area contributed by atoms with E-state index in [9.17, 15) is 61.1 Å². The van der Waals surface area contributed by atoms with Crippen molar-refractivity contribution in [2.24, 2.45) is 0 Å². The average Bonchev–Trinajstić information content (AvgIpc) is 2.23. The van der Waals surface area contributed by atoms with Crippen LogP contribution in [0.15, 0.2) is 0 Å². The minimum absolute atomic E-state index is 0. The molecular weight excluding hydrogens is 455 g/mol. The summed E-state index contributed by atoms with van der Waals surface area (Å²) in [6.45, 7) is 0. The maximum Gasteiger partial charge on any atom is 1.00 e. The van der Waals surface area contributed by atoms with E-state index < -0.39 is 49.0 Å². The maximum absolute atomic E-state index is 12.2. The van der Waals surface area contributed by atoms with Gasteiger partial charge in [0.15, 0.2) is 0 Å². The molecule has 156 valence electrons. The summed E-state index contributed by atoms with van der Waals surface area (Å²) >= 11 is 0. The van der Waals surface area contributed by atoms with Crippen molar-refractivity contribution >= 4 is 20.2 Å². The second-order valence-corrected chi connectivity index (χ2v) is 6.44. The number of hydrogen-bond acceptors (Lipinski definition) is 4. The second kappa shape index (κ2) is 7.90. The summed E-state index contributed by atoms with van der Waals surface area (Å²) < 4.78 is 191. The summed E-state index contributed by atoms with van der Waals surface area (Å²) in [6.07, 6.45) is -7.13. The van der Waals surface area contributed by atoms with Gasteiger partial charge in [-0.25, -0.2) is 0 Å². The molecule has 2 N–H and O–H groups in total. The Labute approximate surface area is 148 Å². The molecule has 21 heteroatoms. The third-order valence-electron chi connectivity index (χ3n) is 1.73. The summed E-state index contributed by atoms with van der Waals surface area (Å²) in [6, 6.07) is 0. The molecule has 0 aliphatic carbocycles. The topological polar surface area (TPSA) is 109 Å². The van der Waals surface area contributed by atoms with Gasteiger partial charge in [-0.15, -0.1) is 0 Å². The molecule has 0 aromatic heterocycles. The van der Waals surface area contributed by atoms with Crippen LogP contribution in [0.25, 0.3) is 0 Å². The van der Waals surface area contributed by atoms with Crippen LogP contribution >= 0.6 is 0 Å². The quantitative estimate of drug-likeness (QED) is 0.263. The number of rotatable bonds is 3. The van der Waals surface area contributed by atoms with Crippen molar-refractivity contribution in [1.82, 2.24) is 0 Å². The van der Waals surface area contributed by atoms with Gasteiger partial charge in [-0.1, -0.05) is 0 Å². The van der Waals surface area contributed by atoms with Gasteiger partial charge in [-0.2, -0.15) is 69.5 Å². The fourth-order valence-electron chi connectivity index (χ4n) is 0.523. The molecule has 0 unspecified atom stereocenters. The van der Waals surface area contributed by atoms with E-state index in [1.54, 1.807) is 0 Å². The van der Waals surface area contributed by atoms with E-state index in [2.05, 4.69) is 0 Å². The zero-order chi connectivity index (χ0) is 21.5. The minimum Gasteiger partial charge on any atom is -1.00 e. The van der Waals surface area contributed by atoms with Crippen LogP contribution in [0, 0.1) is 0 Å². The fraction of sp³-hybridized carbons (Fsp3) is 1.00. The molecule has 0 heterocycles. The van der Waals surface area contributed by atoms with E-state index in [0.717, 1.165) is 0 Å². The molecule has 0 aromatic rings. The van der Waals surface area contributed by atoms with E-state index in [1.807, 2.05) is 0 Å². The average molecular weight is 458 g/mol. The third kappa shape index (κ3) is 6.05. The SMILES string of the molecule is O=S(=O)(O)C(F)(F)C(F)(F)C(F)(F)C(F)(F)F.O=S(=O)(O)C(F)(F)F.[H-].[Li+]. The van der Waals surface area contributed by atoms with Crippen LogP contribution in [0.3, 0.4) is 0 Å². The molecule has 0 rings (SSSR count). The van der Waals surface area contributed by atoms with Crippen molar-refractivity contribution in [1.29, 1.82) is 0 Å². The zero-order valence-electron chi connectivity index (χ0n) is 12.4. The Morgan fingerprint density at radius 2 is 0.808 bits per heavy atom. The molecule has 0 atom stereocenters. The minimum atomic E-state index is -7.37. The van der Waals surface area contributed by atoms with Crippen molar-refractivity contribution in [3.63, 3.8) is 0 Å². The monoisotopic (exact) mass is 458 g/mol. The standard InChI is InChI=1S/C4HF9O3S.CHF3O3S.Li.H/c5-1(6,3(9,10)11)2(7,8)4(12,13)17(14,15)16;2-1(3,4)8(5,6)7;;/h(H,14,15,16);(H,5,6,7);;/q;;+1;-1. The predicted molar refractivity (Wildman–Crippen MR) is 51.2 cm³/mol. The van der Waals surface area contributed by atoms with Crippen LogP contribution in [-0.2, 0) is 20.2 Å². The molecule has 0 amide bonds. The van der Waals surface area contributed by atoms with Gasteiger partial charge in [-0.3, -0.25) is 9.11 Å². The van der Waals surface area contributed by atoms with Crippen LogP contribution in [0.2, 0.25) is 0 Å². The molecular formula is C5H3F12LiO6S2. The Hall–Kier alpha value is -0.423. The molecule has 6 nitrogen and oxygen atoms in total. The van der Waals surface area contributed by atoms with Gasteiger partial charge < -0.3 is 1.43 Å². The van der Waals surface area contributed by atoms with Crippen LogP contribution in [-0.4, -0.2) is 54.7 Å². The Bertz CT molecular complexity index is 682. The van der Waals surface area contributed by atoms with Crippen molar-refractivity contribution < 1.29 is 98.9 Å². The number of alkyl halides is 12. The van der Waals surface area contributed by atoms with E-state index in [0.29, 0.717) is 0 Å². The maximum atomic E-state index is 12.2. The molecule has 0 saturated carbocycles. The summed E-state index contributed by atoms with van der Waals surface area (Å²) in [4.78, 5) is 0. The summed E-state index contributed by atoms with van der Waals surface area (Å²) in [7, 11) is -13.0. The van der Waals surface area contributed by atoms with Crippen LogP contribution in [0.5, 0.6) is 0 Å². The Kier molecular flexibility index (Phi) is 9.21. The molecule has 0 saturated heterocycles. The summed E-state index contributed by atoms with van der Waals surface area (Å²) in [5, 5.41) is -7.00. The van der Waals surface area contributed by atoms with Gasteiger partial charge in [0.25, 0.3) is 0 Å². The normalized spacial score (nSPS) is 14.8. The van der Waals surface area contributed by atoms with Crippen molar-refractivity contribution in [2.75, 3.05) is 0 Å². The van der Waals surface area contributed by atoms with Crippen molar-refractivity contribution in [2.45, 2.75) is 28.8 Å². The molecule has 0 bridgehead atoms. The van der Waals surface area contributed by atoms with Gasteiger partial charge in [0.05, 0.1) is 0 Å². The smallest absolute Gasteiger partial charge is 1.00 e. The molecule has 26 heavy (non-hydrogen) atoms. The largest absolute Gasteiger partial charge is 1.00 e. The number of halogens is 12. The molecule has 0 aliphatic rings. The Morgan fingerprint density at radius 3 is 0.923 bits per heavy atom. The van der Waals surface area contributed by atoms with E-state index >= 15 is 0 Å². The predicted octanol–water partition coefficient (Wildman–Crippen LogP) is -0.190. The first-order valence-electron chi connectivity index (χ1n) is 4.46. The zero-order valence-corrected chi connectivity index (χ0v) is 13.0. The van der Waals surface area contributed by atoms with Gasteiger partial charge in [0, 0.05) is 0 Å². The van der Waals surface area contributed by atoms with Gasteiger partial charge in [0.1, 0.15) is 0 Å². The van der Waals surface area contributed by atoms with E-state index in [4.69, 9.17) is 17.5 Å². The fourth-order valence-corrected chi connectivity index (χ4v) is 0.975. The second-order valence-electron chi connectivity index (χ2n) is 3.56. The van der Waals surface area contributed by atoms with Crippen LogP contribution in [0.1, 0.15) is 1.43 Å². The third-order valence-corrected chi connectivity index (χ3v) is 3.22. The van der Waals surface area contributed by atoms with Crippen molar-refractivity contribution in [3.05, 3.63) is 0 Å². The van der Waals surface area contributed by atoms with Crippen molar-refractivity contribution in [3.8, 4) is 0 Å².